The van der Waals surface area contributed by atoms with Crippen LogP contribution in [0, 0.1) is 0 Å². The van der Waals surface area contributed by atoms with Crippen molar-refractivity contribution in [3.63, 3.8) is 0 Å². The smallest absolute Gasteiger partial charge is 0.262 e. The third-order valence-electron chi connectivity index (χ3n) is 3.98. The Bertz CT molecular complexity index is 804. The SMILES string of the molecule is COCc1cccc(C(=O)N[C@@H](C)c2ccc3c(c2)NC(=O)CO3)c1. The summed E-state index contributed by atoms with van der Waals surface area (Å²) in [7, 11) is 1.62. The Morgan fingerprint density at radius 1 is 1.32 bits per heavy atom. The molecule has 1 aliphatic rings. The number of hydrogen-bond acceptors (Lipinski definition) is 4. The van der Waals surface area contributed by atoms with E-state index in [2.05, 4.69) is 10.6 Å². The summed E-state index contributed by atoms with van der Waals surface area (Å²) in [5, 5.41) is 5.74. The van der Waals surface area contributed by atoms with Gasteiger partial charge in [0, 0.05) is 12.7 Å². The number of benzene rings is 2. The Morgan fingerprint density at radius 2 is 2.16 bits per heavy atom. The highest BCUT2D eigenvalue weighted by molar-refractivity contribution is 5.96. The number of hydrogen-bond donors (Lipinski definition) is 2. The first-order valence-corrected chi connectivity index (χ1v) is 8.02. The molecule has 2 aromatic rings. The van der Waals surface area contributed by atoms with Crippen LogP contribution < -0.4 is 15.4 Å². The van der Waals surface area contributed by atoms with E-state index in [1.165, 1.54) is 0 Å². The summed E-state index contributed by atoms with van der Waals surface area (Å²) in [5.41, 5.74) is 3.02. The van der Waals surface area contributed by atoms with Crippen LogP contribution in [0.2, 0.25) is 0 Å². The lowest BCUT2D eigenvalue weighted by Gasteiger charge is -2.21. The van der Waals surface area contributed by atoms with Crippen LogP contribution in [0.25, 0.3) is 0 Å². The maximum atomic E-state index is 12.5. The van der Waals surface area contributed by atoms with Crippen LogP contribution in [0.5, 0.6) is 5.75 Å². The number of anilines is 1. The van der Waals surface area contributed by atoms with Gasteiger partial charge in [-0.25, -0.2) is 0 Å². The Balaban J connectivity index is 1.72. The Hall–Kier alpha value is -2.86. The quantitative estimate of drug-likeness (QED) is 0.877. The molecule has 2 aromatic carbocycles. The zero-order valence-corrected chi connectivity index (χ0v) is 14.2. The molecule has 6 heteroatoms. The Labute approximate surface area is 146 Å². The monoisotopic (exact) mass is 340 g/mol. The minimum atomic E-state index is -0.220. The number of rotatable bonds is 5. The highest BCUT2D eigenvalue weighted by Gasteiger charge is 2.18. The number of methoxy groups -OCH3 is 1. The van der Waals surface area contributed by atoms with E-state index in [-0.39, 0.29) is 24.5 Å². The summed E-state index contributed by atoms with van der Waals surface area (Å²) in [4.78, 5) is 23.9. The molecular formula is C19H20N2O4. The average Bonchev–Trinajstić information content (AvgIpc) is 2.61. The predicted octanol–water partition coefficient (Wildman–Crippen LogP) is 2.65. The minimum Gasteiger partial charge on any atom is -0.482 e. The van der Waals surface area contributed by atoms with E-state index in [1.807, 2.05) is 37.3 Å². The first-order valence-electron chi connectivity index (χ1n) is 8.02. The van der Waals surface area contributed by atoms with Crippen molar-refractivity contribution in [2.75, 3.05) is 19.0 Å². The van der Waals surface area contributed by atoms with E-state index in [0.29, 0.717) is 23.6 Å². The number of nitrogens with one attached hydrogen (secondary N) is 2. The molecule has 0 saturated heterocycles. The van der Waals surface area contributed by atoms with Crippen LogP contribution in [0.15, 0.2) is 42.5 Å². The topological polar surface area (TPSA) is 76.7 Å². The van der Waals surface area contributed by atoms with Crippen molar-refractivity contribution in [2.45, 2.75) is 19.6 Å². The van der Waals surface area contributed by atoms with Crippen molar-refractivity contribution in [2.24, 2.45) is 0 Å². The van der Waals surface area contributed by atoms with Crippen LogP contribution >= 0.6 is 0 Å². The van der Waals surface area contributed by atoms with Crippen LogP contribution in [-0.4, -0.2) is 25.5 Å². The fourth-order valence-electron chi connectivity index (χ4n) is 2.70. The van der Waals surface area contributed by atoms with Gasteiger partial charge in [0.15, 0.2) is 6.61 Å². The van der Waals surface area contributed by atoms with Crippen LogP contribution in [0.4, 0.5) is 5.69 Å². The van der Waals surface area contributed by atoms with Crippen molar-refractivity contribution >= 4 is 17.5 Å². The first kappa shape index (κ1) is 17.0. The summed E-state index contributed by atoms with van der Waals surface area (Å²) >= 11 is 0. The highest BCUT2D eigenvalue weighted by atomic mass is 16.5. The largest absolute Gasteiger partial charge is 0.482 e. The van der Waals surface area contributed by atoms with Gasteiger partial charge in [0.1, 0.15) is 5.75 Å². The maximum absolute atomic E-state index is 12.5. The van der Waals surface area contributed by atoms with Gasteiger partial charge in [-0.05, 0) is 42.3 Å². The molecule has 0 aliphatic carbocycles. The third-order valence-corrected chi connectivity index (χ3v) is 3.98. The summed E-state index contributed by atoms with van der Waals surface area (Å²) in [6.45, 7) is 2.38. The lowest BCUT2D eigenvalue weighted by atomic mass is 10.1. The van der Waals surface area contributed by atoms with Crippen LogP contribution in [0.1, 0.15) is 34.5 Å². The number of fused-ring (bicyclic) bond motifs is 1. The van der Waals surface area contributed by atoms with E-state index in [1.54, 1.807) is 19.2 Å². The second-order valence-electron chi connectivity index (χ2n) is 5.92. The van der Waals surface area contributed by atoms with Gasteiger partial charge in [-0.15, -0.1) is 0 Å². The molecule has 0 unspecified atom stereocenters. The number of carbonyl (C=O) groups is 2. The standard InChI is InChI=1S/C19H20N2O4/c1-12(14-6-7-17-16(9-14)21-18(22)11-25-17)20-19(23)15-5-3-4-13(8-15)10-24-2/h3-9,12H,10-11H2,1-2H3,(H,20,23)(H,21,22)/t12-/m0/s1. The zero-order valence-electron chi connectivity index (χ0n) is 14.2. The Kier molecular flexibility index (Phi) is 5.00. The molecule has 130 valence electrons. The molecular weight excluding hydrogens is 320 g/mol. The molecule has 6 nitrogen and oxygen atoms in total. The van der Waals surface area contributed by atoms with Gasteiger partial charge >= 0.3 is 0 Å². The molecule has 25 heavy (non-hydrogen) atoms. The fourth-order valence-corrected chi connectivity index (χ4v) is 2.70. The predicted molar refractivity (Wildman–Crippen MR) is 93.6 cm³/mol. The summed E-state index contributed by atoms with van der Waals surface area (Å²) < 4.78 is 10.4. The normalized spacial score (nSPS) is 14.1. The summed E-state index contributed by atoms with van der Waals surface area (Å²) in [5.74, 6) is 0.286. The lowest BCUT2D eigenvalue weighted by Crippen LogP contribution is -2.28. The first-order chi connectivity index (χ1) is 12.1. The van der Waals surface area contributed by atoms with Gasteiger partial charge in [0.05, 0.1) is 18.3 Å². The van der Waals surface area contributed by atoms with Gasteiger partial charge < -0.3 is 20.1 Å². The molecule has 0 fully saturated rings. The minimum absolute atomic E-state index is 0.0243. The molecule has 0 aromatic heterocycles. The van der Waals surface area contributed by atoms with Crippen LogP contribution in [-0.2, 0) is 16.1 Å². The van der Waals surface area contributed by atoms with E-state index < -0.39 is 0 Å². The number of carbonyl (C=O) groups excluding carboxylic acids is 2. The summed E-state index contributed by atoms with van der Waals surface area (Å²) in [6.07, 6.45) is 0. The molecule has 3 rings (SSSR count). The average molecular weight is 340 g/mol. The van der Waals surface area contributed by atoms with Gasteiger partial charge in [0.2, 0.25) is 0 Å². The van der Waals surface area contributed by atoms with Crippen molar-refractivity contribution in [1.82, 2.24) is 5.32 Å². The second kappa shape index (κ2) is 7.36. The van der Waals surface area contributed by atoms with Gasteiger partial charge in [0.25, 0.3) is 11.8 Å². The number of ether oxygens (including phenoxy) is 2. The second-order valence-corrected chi connectivity index (χ2v) is 5.92. The fraction of sp³-hybridized carbons (Fsp3) is 0.263. The van der Waals surface area contributed by atoms with Gasteiger partial charge in [-0.1, -0.05) is 18.2 Å². The summed E-state index contributed by atoms with van der Waals surface area (Å²) in [6, 6.07) is 12.6. The number of amides is 2. The van der Waals surface area contributed by atoms with Crippen molar-refractivity contribution in [3.05, 3.63) is 59.2 Å². The molecule has 1 heterocycles. The zero-order chi connectivity index (χ0) is 17.8. The molecule has 0 saturated carbocycles. The van der Waals surface area contributed by atoms with Crippen LogP contribution in [0.3, 0.4) is 0 Å². The molecule has 2 N–H and O–H groups in total. The lowest BCUT2D eigenvalue weighted by molar-refractivity contribution is -0.118. The molecule has 1 atom stereocenters. The van der Waals surface area contributed by atoms with E-state index in [9.17, 15) is 9.59 Å². The van der Waals surface area contributed by atoms with Gasteiger partial charge in [-0.3, -0.25) is 9.59 Å². The van der Waals surface area contributed by atoms with E-state index in [0.717, 1.165) is 11.1 Å². The molecule has 0 spiro atoms. The third kappa shape index (κ3) is 3.97. The maximum Gasteiger partial charge on any atom is 0.262 e. The van der Waals surface area contributed by atoms with Crippen molar-refractivity contribution in [3.8, 4) is 5.75 Å². The highest BCUT2D eigenvalue weighted by Crippen LogP contribution is 2.30. The molecule has 0 bridgehead atoms. The molecule has 0 radical (unpaired) electrons. The van der Waals surface area contributed by atoms with E-state index in [4.69, 9.17) is 9.47 Å². The van der Waals surface area contributed by atoms with E-state index >= 15 is 0 Å². The van der Waals surface area contributed by atoms with Crippen molar-refractivity contribution < 1.29 is 19.1 Å². The Morgan fingerprint density at radius 3 is 2.96 bits per heavy atom. The van der Waals surface area contributed by atoms with Gasteiger partial charge in [-0.2, -0.15) is 0 Å². The molecule has 2 amide bonds. The molecule has 1 aliphatic heterocycles. The van der Waals surface area contributed by atoms with Crippen molar-refractivity contribution in [1.29, 1.82) is 0 Å².